The molecule has 0 unspecified atom stereocenters. The van der Waals surface area contributed by atoms with Crippen LogP contribution in [0, 0.1) is 5.82 Å². The van der Waals surface area contributed by atoms with Crippen LogP contribution in [0.25, 0.3) is 22.2 Å². The number of aromatic nitrogens is 8. The Morgan fingerprint density at radius 1 is 1.08 bits per heavy atom. The lowest BCUT2D eigenvalue weighted by Gasteiger charge is -2.33. The van der Waals surface area contributed by atoms with Gasteiger partial charge in [0.05, 0.1) is 41.2 Å². The Balaban J connectivity index is 1.31. The number of carbonyl (C=O) groups excluding carboxylic acids is 1. The minimum absolute atomic E-state index is 0.185. The fourth-order valence-corrected chi connectivity index (χ4v) is 4.97. The number of fused-ring (bicyclic) bond motifs is 3. The van der Waals surface area contributed by atoms with Crippen molar-refractivity contribution in [3.8, 4) is 11.1 Å². The van der Waals surface area contributed by atoms with Crippen molar-refractivity contribution in [3.05, 3.63) is 96.1 Å². The molecule has 7 rings (SSSR count). The number of halogens is 1. The zero-order valence-corrected chi connectivity index (χ0v) is 19.2. The van der Waals surface area contributed by atoms with Crippen molar-refractivity contribution in [1.29, 1.82) is 0 Å². The van der Waals surface area contributed by atoms with E-state index in [1.165, 1.54) is 10.6 Å². The number of pyridine rings is 2. The highest BCUT2D eigenvalue weighted by atomic mass is 19.1. The normalized spacial score (nSPS) is 15.6. The Kier molecular flexibility index (Phi) is 4.34. The molecule has 0 spiro atoms. The van der Waals surface area contributed by atoms with Gasteiger partial charge in [0.25, 0.3) is 5.91 Å². The molecule has 0 saturated carbocycles. The average Bonchev–Trinajstić information content (AvgIpc) is 3.68. The number of imidazole rings is 1. The van der Waals surface area contributed by atoms with E-state index < -0.39 is 6.04 Å². The van der Waals surface area contributed by atoms with Crippen molar-refractivity contribution < 1.29 is 9.18 Å². The van der Waals surface area contributed by atoms with Gasteiger partial charge in [-0.25, -0.2) is 18.4 Å². The minimum atomic E-state index is -0.559. The van der Waals surface area contributed by atoms with Crippen molar-refractivity contribution in [1.82, 2.24) is 43.9 Å². The number of nitrogens with zero attached hydrogens (tertiary/aromatic N) is 8. The van der Waals surface area contributed by atoms with Crippen molar-refractivity contribution in [2.24, 2.45) is 7.05 Å². The van der Waals surface area contributed by atoms with Gasteiger partial charge in [0, 0.05) is 55.4 Å². The SMILES string of the molecule is Cn1cc(-c2ccc3c(C(=O)N4CCc5[nH]cnc5[C@H]4c4cc5c(F)cccn5n4)cnn3c2)cn1. The first-order chi connectivity index (χ1) is 17.6. The van der Waals surface area contributed by atoms with Crippen LogP contribution in [0.3, 0.4) is 0 Å². The summed E-state index contributed by atoms with van der Waals surface area (Å²) >= 11 is 0. The molecule has 6 aromatic heterocycles. The Bertz CT molecular complexity index is 1770. The number of amides is 1. The highest BCUT2D eigenvalue weighted by molar-refractivity contribution is 6.01. The van der Waals surface area contributed by atoms with Crippen LogP contribution in [0.2, 0.25) is 0 Å². The number of carbonyl (C=O) groups is 1. The van der Waals surface area contributed by atoms with Gasteiger partial charge in [0.15, 0.2) is 0 Å². The quantitative estimate of drug-likeness (QED) is 0.419. The number of nitrogens with one attached hydrogen (secondary N) is 1. The number of H-pyrrole nitrogens is 1. The van der Waals surface area contributed by atoms with E-state index in [-0.39, 0.29) is 11.7 Å². The second kappa shape index (κ2) is 7.60. The van der Waals surface area contributed by atoms with Crippen LogP contribution in [0.1, 0.15) is 33.5 Å². The molecular formula is C25H20FN9O. The van der Waals surface area contributed by atoms with Crippen LogP contribution in [0.15, 0.2) is 67.6 Å². The largest absolute Gasteiger partial charge is 0.348 e. The third-order valence-corrected chi connectivity index (χ3v) is 6.72. The van der Waals surface area contributed by atoms with E-state index in [2.05, 4.69) is 25.3 Å². The number of aromatic amines is 1. The molecule has 0 bridgehead atoms. The molecule has 0 aromatic carbocycles. The second-order valence-electron chi connectivity index (χ2n) is 8.88. The van der Waals surface area contributed by atoms with Crippen LogP contribution >= 0.6 is 0 Å². The van der Waals surface area contributed by atoms with Crippen LogP contribution in [-0.2, 0) is 13.5 Å². The zero-order valence-electron chi connectivity index (χ0n) is 19.2. The van der Waals surface area contributed by atoms with E-state index in [0.29, 0.717) is 41.0 Å². The molecule has 0 radical (unpaired) electrons. The first kappa shape index (κ1) is 20.6. The maximum Gasteiger partial charge on any atom is 0.258 e. The van der Waals surface area contributed by atoms with Gasteiger partial charge in [-0.1, -0.05) is 6.07 Å². The van der Waals surface area contributed by atoms with Gasteiger partial charge in [0.2, 0.25) is 0 Å². The molecule has 11 heteroatoms. The molecule has 1 N–H and O–H groups in total. The van der Waals surface area contributed by atoms with Gasteiger partial charge in [-0.3, -0.25) is 9.48 Å². The van der Waals surface area contributed by atoms with Crippen molar-refractivity contribution in [2.45, 2.75) is 12.5 Å². The molecule has 0 aliphatic carbocycles. The fourth-order valence-electron chi connectivity index (χ4n) is 4.97. The maximum absolute atomic E-state index is 14.4. The van der Waals surface area contributed by atoms with Crippen molar-refractivity contribution >= 4 is 16.9 Å². The molecule has 1 aliphatic heterocycles. The third-order valence-electron chi connectivity index (χ3n) is 6.72. The molecule has 6 aromatic rings. The summed E-state index contributed by atoms with van der Waals surface area (Å²) in [5.74, 6) is -0.561. The standard InChI is InChI=1S/C25H20FN9O/c1-32-12-16(10-29-32)15-4-5-21-17(11-30-35(21)13-15)25(36)33-8-6-19-23(28-14-27-19)24(33)20-9-22-18(26)3-2-7-34(22)31-20/h2-5,7,9-14,24H,6,8H2,1H3,(H,27,28)/t24-/m1/s1. The van der Waals surface area contributed by atoms with Crippen LogP contribution in [0.4, 0.5) is 4.39 Å². The topological polar surface area (TPSA) is 101 Å². The van der Waals surface area contributed by atoms with Gasteiger partial charge in [-0.15, -0.1) is 0 Å². The third kappa shape index (κ3) is 3.05. The Morgan fingerprint density at radius 2 is 2.00 bits per heavy atom. The lowest BCUT2D eigenvalue weighted by molar-refractivity contribution is 0.0689. The molecule has 10 nitrogen and oxygen atoms in total. The summed E-state index contributed by atoms with van der Waals surface area (Å²) in [5, 5.41) is 13.3. The molecule has 7 heterocycles. The molecule has 36 heavy (non-hydrogen) atoms. The van der Waals surface area contributed by atoms with E-state index >= 15 is 0 Å². The lowest BCUT2D eigenvalue weighted by atomic mass is 9.98. The first-order valence-electron chi connectivity index (χ1n) is 11.5. The molecule has 0 fully saturated rings. The molecule has 1 atom stereocenters. The van der Waals surface area contributed by atoms with Crippen LogP contribution < -0.4 is 0 Å². The summed E-state index contributed by atoms with van der Waals surface area (Å²) in [4.78, 5) is 23.4. The monoisotopic (exact) mass is 481 g/mol. The van der Waals surface area contributed by atoms with Crippen molar-refractivity contribution in [3.63, 3.8) is 0 Å². The Morgan fingerprint density at radius 3 is 2.83 bits per heavy atom. The molecule has 178 valence electrons. The minimum Gasteiger partial charge on any atom is -0.348 e. The Labute approximate surface area is 203 Å². The lowest BCUT2D eigenvalue weighted by Crippen LogP contribution is -2.41. The molecule has 1 amide bonds. The summed E-state index contributed by atoms with van der Waals surface area (Å²) in [5.41, 5.74) is 5.65. The predicted molar refractivity (Wildman–Crippen MR) is 128 cm³/mol. The summed E-state index contributed by atoms with van der Waals surface area (Å²) in [6.07, 6.45) is 11.1. The number of hydrogen-bond donors (Lipinski definition) is 1. The van der Waals surface area contributed by atoms with Crippen LogP contribution in [0.5, 0.6) is 0 Å². The summed E-state index contributed by atoms with van der Waals surface area (Å²) in [6.45, 7) is 0.458. The highest BCUT2D eigenvalue weighted by Gasteiger charge is 2.37. The number of rotatable bonds is 3. The Hall–Kier alpha value is -4.80. The molecule has 0 saturated heterocycles. The summed E-state index contributed by atoms with van der Waals surface area (Å²) < 4.78 is 19.4. The smallest absolute Gasteiger partial charge is 0.258 e. The van der Waals surface area contributed by atoms with Gasteiger partial charge in [0.1, 0.15) is 17.4 Å². The fraction of sp³-hybridized carbons (Fsp3) is 0.160. The molecular weight excluding hydrogens is 461 g/mol. The summed E-state index contributed by atoms with van der Waals surface area (Å²) in [6, 6.07) is 7.96. The average molecular weight is 481 g/mol. The second-order valence-corrected chi connectivity index (χ2v) is 8.88. The van der Waals surface area contributed by atoms with E-state index in [0.717, 1.165) is 16.8 Å². The van der Waals surface area contributed by atoms with Crippen molar-refractivity contribution in [2.75, 3.05) is 6.54 Å². The summed E-state index contributed by atoms with van der Waals surface area (Å²) in [7, 11) is 1.87. The van der Waals surface area contributed by atoms with E-state index in [9.17, 15) is 9.18 Å². The highest BCUT2D eigenvalue weighted by Crippen LogP contribution is 2.35. The zero-order chi connectivity index (χ0) is 24.4. The van der Waals surface area contributed by atoms with Crippen LogP contribution in [-0.4, -0.2) is 56.3 Å². The van der Waals surface area contributed by atoms with Gasteiger partial charge >= 0.3 is 0 Å². The van der Waals surface area contributed by atoms with Gasteiger partial charge in [-0.05, 0) is 24.3 Å². The van der Waals surface area contributed by atoms with E-state index in [4.69, 9.17) is 0 Å². The molecule has 1 aliphatic rings. The number of hydrogen-bond acceptors (Lipinski definition) is 5. The predicted octanol–water partition coefficient (Wildman–Crippen LogP) is 3.03. The van der Waals surface area contributed by atoms with Gasteiger partial charge < -0.3 is 9.88 Å². The number of aryl methyl sites for hydroxylation is 1. The van der Waals surface area contributed by atoms with E-state index in [1.54, 1.807) is 51.1 Å². The first-order valence-corrected chi connectivity index (χ1v) is 11.5. The maximum atomic E-state index is 14.4. The van der Waals surface area contributed by atoms with E-state index in [1.807, 2.05) is 31.6 Å². The van der Waals surface area contributed by atoms with Gasteiger partial charge in [-0.2, -0.15) is 15.3 Å².